The van der Waals surface area contributed by atoms with Crippen LogP contribution in [0.3, 0.4) is 0 Å². The van der Waals surface area contributed by atoms with E-state index in [9.17, 15) is 9.00 Å². The molecule has 0 aromatic rings. The third-order valence-corrected chi connectivity index (χ3v) is 4.28. The van der Waals surface area contributed by atoms with Crippen molar-refractivity contribution in [3.05, 3.63) is 22.9 Å². The average molecular weight is 268 g/mol. The number of carboxylic acids is 1. The van der Waals surface area contributed by atoms with E-state index in [1.165, 1.54) is 19.0 Å². The summed E-state index contributed by atoms with van der Waals surface area (Å²) in [6.45, 7) is 2.75. The summed E-state index contributed by atoms with van der Waals surface area (Å²) in [5.74, 6) is -1.14. The summed E-state index contributed by atoms with van der Waals surface area (Å²) in [7, 11) is -1.64. The first kappa shape index (κ1) is 13.0. The number of rotatable bonds is 5. The Morgan fingerprint density at radius 1 is 1.56 bits per heavy atom. The number of unbranched alkanes of at least 4 members (excludes halogenated alkanes) is 2. The fourth-order valence-corrected chi connectivity index (χ4v) is 3.03. The van der Waals surface area contributed by atoms with Crippen LogP contribution >= 0.6 is 0 Å². The van der Waals surface area contributed by atoms with E-state index in [0.717, 1.165) is 18.4 Å². The zero-order valence-electron chi connectivity index (χ0n) is 10.3. The minimum atomic E-state index is -1.64. The van der Waals surface area contributed by atoms with E-state index >= 15 is 0 Å². The van der Waals surface area contributed by atoms with E-state index in [2.05, 4.69) is 11.9 Å². The van der Waals surface area contributed by atoms with E-state index in [1.54, 1.807) is 11.1 Å². The molecule has 0 spiro atoms. The van der Waals surface area contributed by atoms with Crippen LogP contribution in [0.1, 0.15) is 32.6 Å². The van der Waals surface area contributed by atoms with Gasteiger partial charge >= 0.3 is 5.97 Å². The molecule has 0 radical (unpaired) electrons. The van der Waals surface area contributed by atoms with E-state index in [-0.39, 0.29) is 4.91 Å². The van der Waals surface area contributed by atoms with Crippen LogP contribution in [-0.2, 0) is 15.6 Å². The van der Waals surface area contributed by atoms with E-state index in [0.29, 0.717) is 11.7 Å². The van der Waals surface area contributed by atoms with Crippen LogP contribution in [0.2, 0.25) is 0 Å². The van der Waals surface area contributed by atoms with Crippen molar-refractivity contribution in [2.24, 2.45) is 4.99 Å². The largest absolute Gasteiger partial charge is 0.477 e. The van der Waals surface area contributed by atoms with Gasteiger partial charge in [0.15, 0.2) is 0 Å². The quantitative estimate of drug-likeness (QED) is 0.772. The molecule has 2 heterocycles. The Bertz CT molecular complexity index is 480. The van der Waals surface area contributed by atoms with Crippen LogP contribution in [0.4, 0.5) is 0 Å². The maximum absolute atomic E-state index is 11.8. The molecule has 0 bridgehead atoms. The summed E-state index contributed by atoms with van der Waals surface area (Å²) in [5.41, 5.74) is 1.16. The number of hydrogen-bond donors (Lipinski definition) is 1. The molecule has 18 heavy (non-hydrogen) atoms. The lowest BCUT2D eigenvalue weighted by Crippen LogP contribution is -2.28. The summed E-state index contributed by atoms with van der Waals surface area (Å²) >= 11 is 0. The highest BCUT2D eigenvalue weighted by molar-refractivity contribution is 8.05. The van der Waals surface area contributed by atoms with Gasteiger partial charge in [0, 0.05) is 18.9 Å². The zero-order valence-corrected chi connectivity index (χ0v) is 11.1. The topological polar surface area (TPSA) is 70.0 Å². The van der Waals surface area contributed by atoms with Crippen molar-refractivity contribution in [3.8, 4) is 0 Å². The Balaban J connectivity index is 2.06. The number of amidine groups is 1. The van der Waals surface area contributed by atoms with Crippen LogP contribution in [0.15, 0.2) is 27.9 Å². The molecular weight excluding hydrogens is 252 g/mol. The molecule has 0 saturated heterocycles. The summed E-state index contributed by atoms with van der Waals surface area (Å²) in [6, 6.07) is 0. The first-order valence-electron chi connectivity index (χ1n) is 6.02. The van der Waals surface area contributed by atoms with E-state index in [1.807, 2.05) is 0 Å². The molecule has 0 fully saturated rings. The molecule has 2 rings (SSSR count). The fraction of sp³-hybridized carbons (Fsp3) is 0.500. The maximum Gasteiger partial charge on any atom is 0.346 e. The Labute approximate surface area is 108 Å². The van der Waals surface area contributed by atoms with E-state index in [4.69, 9.17) is 5.11 Å². The molecule has 0 aliphatic carbocycles. The first-order valence-corrected chi connectivity index (χ1v) is 7.17. The lowest BCUT2D eigenvalue weighted by Gasteiger charge is -2.21. The second kappa shape index (κ2) is 5.48. The fourth-order valence-electron chi connectivity index (χ4n) is 1.97. The number of aliphatic imine (C=N–C) groups is 1. The molecular formula is C12H16N2O3S. The summed E-state index contributed by atoms with van der Waals surface area (Å²) < 4.78 is 11.8. The third-order valence-electron chi connectivity index (χ3n) is 2.93. The van der Waals surface area contributed by atoms with Crippen LogP contribution in [0.5, 0.6) is 0 Å². The molecule has 2 aliphatic rings. The van der Waals surface area contributed by atoms with Crippen molar-refractivity contribution < 1.29 is 14.1 Å². The minimum absolute atomic E-state index is 0.0861. The van der Waals surface area contributed by atoms with Gasteiger partial charge in [-0.25, -0.2) is 14.0 Å². The molecule has 0 amide bonds. The number of hydrogen-bond acceptors (Lipinski definition) is 4. The Hall–Kier alpha value is -1.43. The van der Waals surface area contributed by atoms with Gasteiger partial charge in [0.05, 0.1) is 0 Å². The van der Waals surface area contributed by atoms with Crippen LogP contribution in [0.25, 0.3) is 0 Å². The molecule has 0 aromatic heterocycles. The lowest BCUT2D eigenvalue weighted by atomic mass is 10.1. The molecule has 2 aliphatic heterocycles. The number of carbonyl (C=O) groups is 1. The molecule has 0 saturated carbocycles. The van der Waals surface area contributed by atoms with Gasteiger partial charge < -0.3 is 10.0 Å². The van der Waals surface area contributed by atoms with Crippen LogP contribution in [0, 0.1) is 0 Å². The Morgan fingerprint density at radius 2 is 2.33 bits per heavy atom. The number of fused-ring (bicyclic) bond motifs is 1. The maximum atomic E-state index is 11.8. The number of carboxylic acid groups (broad SMARTS) is 1. The normalized spacial score (nSPS) is 22.2. The smallest absolute Gasteiger partial charge is 0.346 e. The molecule has 0 aromatic carbocycles. The predicted octanol–water partition coefficient (Wildman–Crippen LogP) is 1.81. The Kier molecular flexibility index (Phi) is 3.96. The van der Waals surface area contributed by atoms with Crippen molar-refractivity contribution in [2.45, 2.75) is 32.6 Å². The van der Waals surface area contributed by atoms with Gasteiger partial charge in [-0.1, -0.05) is 19.8 Å². The van der Waals surface area contributed by atoms with Crippen molar-refractivity contribution in [1.29, 1.82) is 0 Å². The second-order valence-corrected chi connectivity index (χ2v) is 5.69. The standard InChI is InChI=1S/C12H16N2O3S/c1-2-3-4-5-9-6-13-12-14(7-9)8-10(11(15)16)18(12)17/h6,8H,2-5,7H2,1H3,(H,15,16). The minimum Gasteiger partial charge on any atom is -0.477 e. The molecule has 6 heteroatoms. The highest BCUT2D eigenvalue weighted by atomic mass is 32.2. The second-order valence-electron chi connectivity index (χ2n) is 4.35. The van der Waals surface area contributed by atoms with Gasteiger partial charge in [-0.05, 0) is 18.4 Å². The first-order chi connectivity index (χ1) is 8.63. The highest BCUT2D eigenvalue weighted by Crippen LogP contribution is 2.24. The predicted molar refractivity (Wildman–Crippen MR) is 70.2 cm³/mol. The average Bonchev–Trinajstić information content (AvgIpc) is 2.67. The summed E-state index contributed by atoms with van der Waals surface area (Å²) in [6.07, 6.45) is 7.58. The zero-order chi connectivity index (χ0) is 13.1. The SMILES string of the molecule is CCCCCC1=CN=C2N(C=C(C(=O)O)S2=O)C1. The highest BCUT2D eigenvalue weighted by Gasteiger charge is 2.33. The van der Waals surface area contributed by atoms with Crippen LogP contribution < -0.4 is 0 Å². The molecule has 5 nitrogen and oxygen atoms in total. The number of nitrogens with zero attached hydrogens (tertiary/aromatic N) is 2. The Morgan fingerprint density at radius 3 is 3.00 bits per heavy atom. The summed E-state index contributed by atoms with van der Waals surface area (Å²) in [5, 5.41) is 9.25. The molecule has 1 unspecified atom stereocenters. The van der Waals surface area contributed by atoms with E-state index < -0.39 is 16.8 Å². The molecule has 1 N–H and O–H groups in total. The van der Waals surface area contributed by atoms with Crippen molar-refractivity contribution in [1.82, 2.24) is 4.90 Å². The van der Waals surface area contributed by atoms with Gasteiger partial charge in [-0.3, -0.25) is 0 Å². The third kappa shape index (κ3) is 2.53. The lowest BCUT2D eigenvalue weighted by molar-refractivity contribution is -0.131. The van der Waals surface area contributed by atoms with Crippen molar-refractivity contribution >= 4 is 21.9 Å². The van der Waals surface area contributed by atoms with Gasteiger partial charge in [0.1, 0.15) is 15.7 Å². The van der Waals surface area contributed by atoms with Gasteiger partial charge in [-0.15, -0.1) is 0 Å². The van der Waals surface area contributed by atoms with Gasteiger partial charge in [0.2, 0.25) is 5.17 Å². The van der Waals surface area contributed by atoms with Gasteiger partial charge in [-0.2, -0.15) is 0 Å². The molecule has 98 valence electrons. The number of aliphatic carboxylic acids is 1. The van der Waals surface area contributed by atoms with Crippen molar-refractivity contribution in [3.63, 3.8) is 0 Å². The monoisotopic (exact) mass is 268 g/mol. The van der Waals surface area contributed by atoms with Gasteiger partial charge in [0.25, 0.3) is 0 Å². The summed E-state index contributed by atoms with van der Waals surface area (Å²) in [4.78, 5) is 16.6. The van der Waals surface area contributed by atoms with Crippen LogP contribution in [-0.4, -0.2) is 31.9 Å². The molecule has 1 atom stereocenters. The van der Waals surface area contributed by atoms with Crippen molar-refractivity contribution in [2.75, 3.05) is 6.54 Å².